The number of carbonyl (C=O) groups excluding carboxylic acids is 2. The van der Waals surface area contributed by atoms with E-state index >= 15 is 0 Å². The molecule has 32 heavy (non-hydrogen) atoms. The van der Waals surface area contributed by atoms with Gasteiger partial charge in [-0.15, -0.1) is 23.1 Å². The molecule has 0 bridgehead atoms. The average Bonchev–Trinajstić information content (AvgIpc) is 3.34. The molecule has 1 N–H and O–H groups in total. The largest absolute Gasteiger partial charge is 0.351 e. The zero-order valence-corrected chi connectivity index (χ0v) is 20.1. The minimum atomic E-state index is -0.290. The number of carbonyl (C=O) groups is 2. The second-order valence-corrected chi connectivity index (χ2v) is 10.4. The number of aryl methyl sites for hydroxylation is 3. The third-order valence-electron chi connectivity index (χ3n) is 5.62. The number of hydrogen-bond acceptors (Lipinski definition) is 8. The first-order valence-corrected chi connectivity index (χ1v) is 12.2. The molecule has 3 aromatic rings. The van der Waals surface area contributed by atoms with E-state index in [1.54, 1.807) is 22.8 Å². The van der Waals surface area contributed by atoms with E-state index in [1.807, 2.05) is 20.8 Å². The maximum absolute atomic E-state index is 12.9. The fourth-order valence-corrected chi connectivity index (χ4v) is 5.54. The Morgan fingerprint density at radius 3 is 2.56 bits per heavy atom. The van der Waals surface area contributed by atoms with Crippen LogP contribution in [0.3, 0.4) is 0 Å². The van der Waals surface area contributed by atoms with E-state index in [0.717, 1.165) is 15.3 Å². The number of aromatic amines is 1. The predicted octanol–water partition coefficient (Wildman–Crippen LogP) is 2.50. The lowest BCUT2D eigenvalue weighted by Gasteiger charge is -2.35. The van der Waals surface area contributed by atoms with Gasteiger partial charge < -0.3 is 19.3 Å². The highest BCUT2D eigenvalue weighted by Gasteiger charge is 2.29. The molecule has 4 heterocycles. The summed E-state index contributed by atoms with van der Waals surface area (Å²) in [6.07, 6.45) is 0. The first-order valence-electron chi connectivity index (χ1n) is 10.4. The Morgan fingerprint density at radius 2 is 1.91 bits per heavy atom. The normalized spacial score (nSPS) is 15.4. The van der Waals surface area contributed by atoms with Crippen LogP contribution in [0, 0.1) is 20.8 Å². The van der Waals surface area contributed by atoms with Crippen molar-refractivity contribution in [1.29, 1.82) is 0 Å². The molecule has 1 atom stereocenters. The maximum Gasteiger partial charge on any atom is 0.292 e. The lowest BCUT2D eigenvalue weighted by molar-refractivity contribution is -0.131. The minimum Gasteiger partial charge on any atom is -0.351 e. The van der Waals surface area contributed by atoms with Crippen molar-refractivity contribution >= 4 is 45.1 Å². The quantitative estimate of drug-likeness (QED) is 0.603. The van der Waals surface area contributed by atoms with E-state index < -0.39 is 0 Å². The van der Waals surface area contributed by atoms with Crippen molar-refractivity contribution in [3.63, 3.8) is 0 Å². The van der Waals surface area contributed by atoms with E-state index in [4.69, 9.17) is 4.52 Å². The Balaban J connectivity index is 1.32. The van der Waals surface area contributed by atoms with E-state index in [1.165, 1.54) is 23.1 Å². The lowest BCUT2D eigenvalue weighted by Crippen LogP contribution is -2.52. The van der Waals surface area contributed by atoms with Gasteiger partial charge in [-0.3, -0.25) is 14.4 Å². The Kier molecular flexibility index (Phi) is 6.38. The molecule has 1 aliphatic rings. The van der Waals surface area contributed by atoms with Gasteiger partial charge in [0.1, 0.15) is 10.7 Å². The van der Waals surface area contributed by atoms with Gasteiger partial charge >= 0.3 is 0 Å². The number of fused-ring (bicyclic) bond motifs is 1. The number of hydrogen-bond donors (Lipinski definition) is 1. The molecule has 9 nitrogen and oxygen atoms in total. The van der Waals surface area contributed by atoms with Crippen molar-refractivity contribution in [1.82, 2.24) is 24.9 Å². The van der Waals surface area contributed by atoms with Gasteiger partial charge in [-0.1, -0.05) is 5.16 Å². The smallest absolute Gasteiger partial charge is 0.292 e. The number of thiophene rings is 1. The Labute approximate surface area is 193 Å². The van der Waals surface area contributed by atoms with E-state index in [2.05, 4.69) is 15.1 Å². The number of rotatable bonds is 5. The Morgan fingerprint density at radius 1 is 1.22 bits per heavy atom. The molecular weight excluding hydrogens is 450 g/mol. The number of amides is 2. The second kappa shape index (κ2) is 9.07. The van der Waals surface area contributed by atoms with Gasteiger partial charge in [-0.25, -0.2) is 4.98 Å². The van der Waals surface area contributed by atoms with E-state index in [-0.39, 0.29) is 28.4 Å². The first-order chi connectivity index (χ1) is 15.2. The summed E-state index contributed by atoms with van der Waals surface area (Å²) >= 11 is 2.96. The summed E-state index contributed by atoms with van der Waals surface area (Å²) in [5.41, 5.74) is 1.50. The molecule has 0 aromatic carbocycles. The molecule has 11 heteroatoms. The fourth-order valence-electron chi connectivity index (χ4n) is 3.65. The molecule has 0 aliphatic carbocycles. The number of piperazine rings is 1. The van der Waals surface area contributed by atoms with Crippen LogP contribution in [0.15, 0.2) is 15.4 Å². The Hall–Kier alpha value is -2.66. The lowest BCUT2D eigenvalue weighted by atomic mass is 10.2. The topological polar surface area (TPSA) is 112 Å². The minimum absolute atomic E-state index is 0.0175. The molecule has 1 fully saturated rings. The first kappa shape index (κ1) is 22.5. The van der Waals surface area contributed by atoms with Crippen LogP contribution < -0.4 is 5.56 Å². The highest BCUT2D eigenvalue weighted by atomic mass is 32.2. The summed E-state index contributed by atoms with van der Waals surface area (Å²) in [7, 11) is 0. The van der Waals surface area contributed by atoms with Gasteiger partial charge in [0, 0.05) is 37.1 Å². The number of aromatic nitrogens is 3. The number of nitrogens with one attached hydrogen (secondary N) is 1. The van der Waals surface area contributed by atoms with Crippen molar-refractivity contribution in [2.75, 3.05) is 26.2 Å². The zero-order valence-electron chi connectivity index (χ0n) is 18.4. The van der Waals surface area contributed by atoms with Crippen LogP contribution in [0.5, 0.6) is 0 Å². The summed E-state index contributed by atoms with van der Waals surface area (Å²) < 4.78 is 5.05. The van der Waals surface area contributed by atoms with Gasteiger partial charge in [0.15, 0.2) is 0 Å². The number of nitrogens with zero attached hydrogens (tertiary/aromatic N) is 4. The van der Waals surface area contributed by atoms with Crippen LogP contribution in [-0.2, 0) is 10.5 Å². The van der Waals surface area contributed by atoms with Gasteiger partial charge in [0.2, 0.25) is 11.7 Å². The summed E-state index contributed by atoms with van der Waals surface area (Å²) in [6.45, 7) is 9.37. The van der Waals surface area contributed by atoms with Crippen molar-refractivity contribution in [3.8, 4) is 0 Å². The van der Waals surface area contributed by atoms with Crippen molar-refractivity contribution in [2.24, 2.45) is 0 Å². The third kappa shape index (κ3) is 4.44. The number of H-pyrrole nitrogens is 1. The second-order valence-electron chi connectivity index (χ2n) is 7.88. The van der Waals surface area contributed by atoms with Crippen LogP contribution in [0.4, 0.5) is 0 Å². The van der Waals surface area contributed by atoms with Crippen molar-refractivity contribution in [3.05, 3.63) is 44.1 Å². The molecule has 3 aromatic heterocycles. The van der Waals surface area contributed by atoms with Crippen LogP contribution in [0.2, 0.25) is 0 Å². The van der Waals surface area contributed by atoms with Gasteiger partial charge in [0.25, 0.3) is 11.5 Å². The highest BCUT2D eigenvalue weighted by molar-refractivity contribution is 7.99. The molecule has 1 unspecified atom stereocenters. The van der Waals surface area contributed by atoms with Crippen LogP contribution in [0.1, 0.15) is 39.4 Å². The summed E-state index contributed by atoms with van der Waals surface area (Å²) in [5.74, 6) is 1.05. The standard InChI is InChI=1S/C21H25N5O4S2/c1-11-9-15(30-24-11)21(29)26-7-5-25(6-8-26)20(28)14(4)31-10-16-22-18(27)17-12(2)13(3)32-19(17)23-16/h9,14H,5-8,10H2,1-4H3,(H,22,23,27). The molecule has 1 saturated heterocycles. The van der Waals surface area contributed by atoms with Gasteiger partial charge in [-0.2, -0.15) is 0 Å². The SMILES string of the molecule is Cc1cc(C(=O)N2CCN(C(=O)C(C)SCc3nc4sc(C)c(C)c4c(=O)[nH]3)CC2)on1. The molecule has 0 spiro atoms. The van der Waals surface area contributed by atoms with Crippen LogP contribution >= 0.6 is 23.1 Å². The average molecular weight is 476 g/mol. The number of thioether (sulfide) groups is 1. The van der Waals surface area contributed by atoms with Gasteiger partial charge in [-0.05, 0) is 33.3 Å². The highest BCUT2D eigenvalue weighted by Crippen LogP contribution is 2.27. The summed E-state index contributed by atoms with van der Waals surface area (Å²) in [6, 6.07) is 1.62. The van der Waals surface area contributed by atoms with Crippen LogP contribution in [0.25, 0.3) is 10.2 Å². The van der Waals surface area contributed by atoms with E-state index in [0.29, 0.717) is 48.8 Å². The fraction of sp³-hybridized carbons (Fsp3) is 0.476. The van der Waals surface area contributed by atoms with Crippen LogP contribution in [-0.4, -0.2) is 68.2 Å². The molecule has 170 valence electrons. The predicted molar refractivity (Wildman–Crippen MR) is 124 cm³/mol. The molecular formula is C21H25N5O4S2. The summed E-state index contributed by atoms with van der Waals surface area (Å²) in [4.78, 5) is 50.5. The zero-order chi connectivity index (χ0) is 23.0. The molecule has 2 amide bonds. The molecule has 4 rings (SSSR count). The molecule has 1 aliphatic heterocycles. The van der Waals surface area contributed by atoms with E-state index in [9.17, 15) is 14.4 Å². The molecule has 0 radical (unpaired) electrons. The maximum atomic E-state index is 12.9. The van der Waals surface area contributed by atoms with Gasteiger partial charge in [0.05, 0.1) is 22.1 Å². The molecule has 0 saturated carbocycles. The Bertz CT molecular complexity index is 1220. The van der Waals surface area contributed by atoms with Crippen molar-refractivity contribution < 1.29 is 14.1 Å². The third-order valence-corrected chi connectivity index (χ3v) is 7.87. The monoisotopic (exact) mass is 475 g/mol. The summed E-state index contributed by atoms with van der Waals surface area (Å²) in [5, 5.41) is 4.12. The van der Waals surface area contributed by atoms with Crippen molar-refractivity contribution in [2.45, 2.75) is 38.7 Å².